The second-order valence-corrected chi connectivity index (χ2v) is 8.24. The van der Waals surface area contributed by atoms with Crippen LogP contribution in [0.3, 0.4) is 0 Å². The molecule has 0 saturated carbocycles. The number of carbonyl (C=O) groups excluding carboxylic acids is 1. The van der Waals surface area contributed by atoms with Crippen LogP contribution in [0.1, 0.15) is 11.1 Å². The molecule has 1 saturated heterocycles. The molecule has 1 N–H and O–H groups in total. The maximum atomic E-state index is 12.8. The van der Waals surface area contributed by atoms with Crippen LogP contribution in [0.2, 0.25) is 0 Å². The lowest BCUT2D eigenvalue weighted by molar-refractivity contribution is -0.145. The summed E-state index contributed by atoms with van der Waals surface area (Å²) in [7, 11) is 0. The number of carboxylic acids is 1. The standard InChI is InChI=1S/C19H14BrNO3S2/c20-14-8-6-13(7-9-14)11-16-17(22)21(19(25)26-16)15(18(23)24)10-12-4-2-1-3-5-12/h1-9,11,15H,10H2,(H,23,24)/b16-11+. The Morgan fingerprint density at radius 2 is 1.85 bits per heavy atom. The molecule has 1 atom stereocenters. The van der Waals surface area contributed by atoms with Crippen LogP contribution in [0.25, 0.3) is 6.08 Å². The fraction of sp³-hybridized carbons (Fsp3) is 0.105. The predicted octanol–water partition coefficient (Wildman–Crippen LogP) is 4.35. The monoisotopic (exact) mass is 447 g/mol. The van der Waals surface area contributed by atoms with E-state index < -0.39 is 12.0 Å². The highest BCUT2D eigenvalue weighted by atomic mass is 79.9. The Labute approximate surface area is 169 Å². The molecule has 1 fully saturated rings. The number of carboxylic acid groups (broad SMARTS) is 1. The number of amides is 1. The molecule has 1 unspecified atom stereocenters. The summed E-state index contributed by atoms with van der Waals surface area (Å²) in [5, 5.41) is 9.65. The molecular formula is C19H14BrNO3S2. The van der Waals surface area contributed by atoms with E-state index in [4.69, 9.17) is 12.2 Å². The molecule has 2 aromatic carbocycles. The van der Waals surface area contributed by atoms with Crippen molar-refractivity contribution in [3.8, 4) is 0 Å². The van der Waals surface area contributed by atoms with Crippen molar-refractivity contribution in [2.45, 2.75) is 12.5 Å². The van der Waals surface area contributed by atoms with Crippen molar-refractivity contribution >= 4 is 62.2 Å². The zero-order valence-electron chi connectivity index (χ0n) is 13.5. The Hall–Kier alpha value is -1.96. The molecule has 1 heterocycles. The molecule has 1 aliphatic heterocycles. The second-order valence-electron chi connectivity index (χ2n) is 5.65. The zero-order valence-corrected chi connectivity index (χ0v) is 16.7. The van der Waals surface area contributed by atoms with Crippen LogP contribution in [-0.4, -0.2) is 32.2 Å². The maximum absolute atomic E-state index is 12.8. The topological polar surface area (TPSA) is 57.6 Å². The molecule has 26 heavy (non-hydrogen) atoms. The number of halogens is 1. The summed E-state index contributed by atoms with van der Waals surface area (Å²) in [6.45, 7) is 0. The lowest BCUT2D eigenvalue weighted by Crippen LogP contribution is -2.45. The van der Waals surface area contributed by atoms with E-state index in [9.17, 15) is 14.7 Å². The van der Waals surface area contributed by atoms with E-state index in [1.807, 2.05) is 54.6 Å². The number of nitrogens with zero attached hydrogens (tertiary/aromatic N) is 1. The van der Waals surface area contributed by atoms with Crippen molar-refractivity contribution in [1.82, 2.24) is 4.90 Å². The van der Waals surface area contributed by atoms with E-state index in [1.54, 1.807) is 6.08 Å². The summed E-state index contributed by atoms with van der Waals surface area (Å²) >= 11 is 9.80. The summed E-state index contributed by atoms with van der Waals surface area (Å²) < 4.78 is 1.21. The largest absolute Gasteiger partial charge is 0.480 e. The molecule has 2 aromatic rings. The van der Waals surface area contributed by atoms with Crippen molar-refractivity contribution in [3.05, 3.63) is 75.1 Å². The molecule has 7 heteroatoms. The summed E-state index contributed by atoms with van der Waals surface area (Å²) in [5.74, 6) is -1.44. The van der Waals surface area contributed by atoms with Gasteiger partial charge in [0.05, 0.1) is 4.91 Å². The highest BCUT2D eigenvalue weighted by Crippen LogP contribution is 2.34. The minimum Gasteiger partial charge on any atom is -0.480 e. The Balaban J connectivity index is 1.86. The van der Waals surface area contributed by atoms with Crippen LogP contribution in [0.15, 0.2) is 64.0 Å². The van der Waals surface area contributed by atoms with Crippen molar-refractivity contribution < 1.29 is 14.7 Å². The number of thiocarbonyl (C=S) groups is 1. The molecule has 132 valence electrons. The quantitative estimate of drug-likeness (QED) is 0.545. The van der Waals surface area contributed by atoms with E-state index in [2.05, 4.69) is 15.9 Å². The Bertz CT molecular complexity index is 881. The Kier molecular flexibility index (Phi) is 5.90. The smallest absolute Gasteiger partial charge is 0.327 e. The second kappa shape index (κ2) is 8.16. The van der Waals surface area contributed by atoms with Crippen LogP contribution in [0, 0.1) is 0 Å². The minimum atomic E-state index is -1.07. The Morgan fingerprint density at radius 1 is 1.19 bits per heavy atom. The summed E-state index contributed by atoms with van der Waals surface area (Å²) in [6.07, 6.45) is 1.93. The van der Waals surface area contributed by atoms with Crippen LogP contribution in [0.4, 0.5) is 0 Å². The summed E-state index contributed by atoms with van der Waals surface area (Å²) in [5.41, 5.74) is 1.69. The van der Waals surface area contributed by atoms with Crippen molar-refractivity contribution in [3.63, 3.8) is 0 Å². The number of rotatable bonds is 5. The van der Waals surface area contributed by atoms with Gasteiger partial charge in [-0.3, -0.25) is 9.69 Å². The van der Waals surface area contributed by atoms with Gasteiger partial charge in [0.15, 0.2) is 0 Å². The molecule has 3 rings (SSSR count). The van der Waals surface area contributed by atoms with E-state index in [0.717, 1.165) is 27.4 Å². The third-order valence-corrected chi connectivity index (χ3v) is 5.72. The van der Waals surface area contributed by atoms with Gasteiger partial charge in [0.2, 0.25) is 0 Å². The predicted molar refractivity (Wildman–Crippen MR) is 111 cm³/mol. The molecule has 0 aromatic heterocycles. The highest BCUT2D eigenvalue weighted by Gasteiger charge is 2.40. The number of thioether (sulfide) groups is 1. The van der Waals surface area contributed by atoms with Crippen LogP contribution >= 0.6 is 39.9 Å². The molecule has 1 amide bonds. The fourth-order valence-corrected chi connectivity index (χ4v) is 4.21. The van der Waals surface area contributed by atoms with Crippen molar-refractivity contribution in [1.29, 1.82) is 0 Å². The van der Waals surface area contributed by atoms with Gasteiger partial charge in [-0.15, -0.1) is 0 Å². The van der Waals surface area contributed by atoms with Crippen LogP contribution in [0.5, 0.6) is 0 Å². The first kappa shape index (κ1) is 18.8. The van der Waals surface area contributed by atoms with Crippen molar-refractivity contribution in [2.75, 3.05) is 0 Å². The molecule has 1 aliphatic rings. The molecule has 0 radical (unpaired) electrons. The molecule has 0 bridgehead atoms. The number of aliphatic carboxylic acids is 1. The van der Waals surface area contributed by atoms with Gasteiger partial charge in [-0.1, -0.05) is 82.4 Å². The highest BCUT2D eigenvalue weighted by molar-refractivity contribution is 9.10. The number of hydrogen-bond donors (Lipinski definition) is 1. The van der Waals surface area contributed by atoms with Gasteiger partial charge in [-0.2, -0.15) is 0 Å². The van der Waals surface area contributed by atoms with E-state index in [1.165, 1.54) is 4.90 Å². The van der Waals surface area contributed by atoms with Gasteiger partial charge in [-0.25, -0.2) is 4.79 Å². The van der Waals surface area contributed by atoms with E-state index >= 15 is 0 Å². The lowest BCUT2D eigenvalue weighted by atomic mass is 10.0. The molecule has 0 aliphatic carbocycles. The fourth-order valence-electron chi connectivity index (χ4n) is 2.59. The average Bonchev–Trinajstić information content (AvgIpc) is 2.89. The molecule has 0 spiro atoms. The van der Waals surface area contributed by atoms with Gasteiger partial charge in [0.1, 0.15) is 10.4 Å². The van der Waals surface area contributed by atoms with Gasteiger partial charge in [0.25, 0.3) is 5.91 Å². The van der Waals surface area contributed by atoms with Gasteiger partial charge < -0.3 is 5.11 Å². The molecular weight excluding hydrogens is 434 g/mol. The first-order chi connectivity index (χ1) is 12.5. The SMILES string of the molecule is O=C(O)C(Cc1ccccc1)N1C(=O)/C(=C\c2ccc(Br)cc2)SC1=S. The first-order valence-electron chi connectivity index (χ1n) is 7.75. The minimum absolute atomic E-state index is 0.203. The van der Waals surface area contributed by atoms with Crippen molar-refractivity contribution in [2.24, 2.45) is 0 Å². The third-order valence-electron chi connectivity index (χ3n) is 3.86. The van der Waals surface area contributed by atoms with Crippen LogP contribution in [-0.2, 0) is 16.0 Å². The number of hydrogen-bond acceptors (Lipinski definition) is 4. The van der Waals surface area contributed by atoms with E-state index in [-0.39, 0.29) is 16.6 Å². The normalized spacial score (nSPS) is 17.0. The maximum Gasteiger partial charge on any atom is 0.327 e. The first-order valence-corrected chi connectivity index (χ1v) is 9.77. The van der Waals surface area contributed by atoms with Gasteiger partial charge in [-0.05, 0) is 29.3 Å². The summed E-state index contributed by atoms with van der Waals surface area (Å²) in [4.78, 5) is 26.2. The van der Waals surface area contributed by atoms with E-state index in [0.29, 0.717) is 4.91 Å². The van der Waals surface area contributed by atoms with Crippen LogP contribution < -0.4 is 0 Å². The van der Waals surface area contributed by atoms with Gasteiger partial charge in [0, 0.05) is 10.9 Å². The lowest BCUT2D eigenvalue weighted by Gasteiger charge is -2.23. The number of carbonyl (C=O) groups is 2. The Morgan fingerprint density at radius 3 is 2.46 bits per heavy atom. The summed E-state index contributed by atoms with van der Waals surface area (Å²) in [6, 6.07) is 15.7. The third kappa shape index (κ3) is 4.23. The zero-order chi connectivity index (χ0) is 18.7. The average molecular weight is 448 g/mol. The van der Waals surface area contributed by atoms with Gasteiger partial charge >= 0.3 is 5.97 Å². The molecule has 4 nitrogen and oxygen atoms in total. The number of benzene rings is 2.